The summed E-state index contributed by atoms with van der Waals surface area (Å²) in [5.74, 6) is 1.24. The number of fused-ring (bicyclic) bond motifs is 2. The van der Waals surface area contributed by atoms with Crippen molar-refractivity contribution in [3.05, 3.63) is 82.3 Å². The van der Waals surface area contributed by atoms with Crippen molar-refractivity contribution in [1.29, 1.82) is 0 Å². The fourth-order valence-electron chi connectivity index (χ4n) is 3.53. The molecule has 6 nitrogen and oxygen atoms in total. The maximum Gasteiger partial charge on any atom is 0.256 e. The molecule has 8 heteroatoms. The zero-order valence-corrected chi connectivity index (χ0v) is 18.3. The molecule has 2 N–H and O–H groups in total. The average molecular weight is 463 g/mol. The lowest BCUT2D eigenvalue weighted by molar-refractivity contribution is 0.102. The maximum absolute atomic E-state index is 12.8. The first-order chi connectivity index (χ1) is 15.5. The van der Waals surface area contributed by atoms with Crippen LogP contribution in [0.25, 0.3) is 33.3 Å². The second kappa shape index (κ2) is 8.15. The van der Waals surface area contributed by atoms with Crippen LogP contribution in [0.5, 0.6) is 5.75 Å². The van der Waals surface area contributed by atoms with Crippen LogP contribution in [-0.4, -0.2) is 28.0 Å². The molecule has 0 spiro atoms. The highest BCUT2D eigenvalue weighted by molar-refractivity contribution is 6.36. The molecule has 1 amide bonds. The molecule has 0 saturated carbocycles. The lowest BCUT2D eigenvalue weighted by Crippen LogP contribution is -2.12. The molecular weight excluding hydrogens is 447 g/mol. The summed E-state index contributed by atoms with van der Waals surface area (Å²) in [6.45, 7) is 0. The molecule has 0 aliphatic heterocycles. The summed E-state index contributed by atoms with van der Waals surface area (Å²) in [6, 6.07) is 20.0. The van der Waals surface area contributed by atoms with Crippen LogP contribution < -0.4 is 10.1 Å². The number of H-pyrrole nitrogens is 1. The molecule has 2 heterocycles. The first kappa shape index (κ1) is 20.3. The predicted molar refractivity (Wildman–Crippen MR) is 128 cm³/mol. The van der Waals surface area contributed by atoms with Gasteiger partial charge in [-0.15, -0.1) is 0 Å². The number of methoxy groups -OCH3 is 1. The Balaban J connectivity index is 1.47. The van der Waals surface area contributed by atoms with Crippen molar-refractivity contribution < 1.29 is 9.53 Å². The van der Waals surface area contributed by atoms with Crippen molar-refractivity contribution in [3.8, 4) is 17.1 Å². The van der Waals surface area contributed by atoms with Crippen LogP contribution in [0.4, 0.5) is 5.82 Å². The van der Waals surface area contributed by atoms with Crippen LogP contribution in [0.2, 0.25) is 10.0 Å². The molecule has 2 aromatic heterocycles. The number of para-hydroxylation sites is 1. The van der Waals surface area contributed by atoms with Gasteiger partial charge in [-0.05, 0) is 48.5 Å². The summed E-state index contributed by atoms with van der Waals surface area (Å²) < 4.78 is 5.42. The van der Waals surface area contributed by atoms with Gasteiger partial charge in [-0.25, -0.2) is 9.97 Å². The minimum atomic E-state index is -0.270. The van der Waals surface area contributed by atoms with Gasteiger partial charge in [-0.3, -0.25) is 4.79 Å². The third-order valence-electron chi connectivity index (χ3n) is 5.06. The highest BCUT2D eigenvalue weighted by atomic mass is 35.5. The van der Waals surface area contributed by atoms with E-state index in [1.54, 1.807) is 36.4 Å². The molecule has 0 unspecified atom stereocenters. The second-order valence-corrected chi connectivity index (χ2v) is 7.97. The number of ether oxygens (including phenoxy) is 1. The number of nitrogens with one attached hydrogen (secondary N) is 2. The van der Waals surface area contributed by atoms with Gasteiger partial charge in [-0.1, -0.05) is 41.4 Å². The Morgan fingerprint density at radius 3 is 2.66 bits per heavy atom. The molecule has 158 valence electrons. The number of hydrogen-bond donors (Lipinski definition) is 2. The minimum Gasteiger partial charge on any atom is -0.496 e. The summed E-state index contributed by atoms with van der Waals surface area (Å²) in [5.41, 5.74) is 3.26. The fraction of sp³-hybridized carbons (Fsp3) is 0.0417. The molecule has 0 bridgehead atoms. The van der Waals surface area contributed by atoms with Crippen molar-refractivity contribution >= 4 is 56.9 Å². The fourth-order valence-corrected chi connectivity index (χ4v) is 4.10. The van der Waals surface area contributed by atoms with Crippen LogP contribution >= 0.6 is 23.2 Å². The molecule has 0 fully saturated rings. The molecular formula is C24H16Cl2N4O2. The van der Waals surface area contributed by atoms with Gasteiger partial charge in [0, 0.05) is 16.0 Å². The number of amides is 1. The third-order valence-corrected chi connectivity index (χ3v) is 5.58. The monoisotopic (exact) mass is 462 g/mol. The van der Waals surface area contributed by atoms with E-state index in [0.717, 1.165) is 10.9 Å². The summed E-state index contributed by atoms with van der Waals surface area (Å²) in [5, 5.41) is 4.73. The van der Waals surface area contributed by atoms with Gasteiger partial charge in [0.1, 0.15) is 17.4 Å². The van der Waals surface area contributed by atoms with Gasteiger partial charge >= 0.3 is 0 Å². The standard InChI is InChI=1S/C24H16Cl2N4O2/c1-32-20-12-15(25)11-16(26)22(20)23-28-18-8-6-14(10-19(18)29-23)24(31)30-21-9-7-13-4-2-3-5-17(13)27-21/h2-12H,1H3,(H,28,29)(H,27,30,31). The van der Waals surface area contributed by atoms with E-state index >= 15 is 0 Å². The van der Waals surface area contributed by atoms with Gasteiger partial charge in [-0.2, -0.15) is 0 Å². The van der Waals surface area contributed by atoms with E-state index in [9.17, 15) is 4.79 Å². The first-order valence-electron chi connectivity index (χ1n) is 9.72. The number of halogens is 2. The van der Waals surface area contributed by atoms with Gasteiger partial charge in [0.15, 0.2) is 0 Å². The predicted octanol–water partition coefficient (Wildman–Crippen LogP) is 6.35. The molecule has 0 atom stereocenters. The Kier molecular flexibility index (Phi) is 5.17. The molecule has 0 saturated heterocycles. The number of hydrogen-bond acceptors (Lipinski definition) is 4. The topological polar surface area (TPSA) is 79.9 Å². The van der Waals surface area contributed by atoms with E-state index in [1.165, 1.54) is 7.11 Å². The maximum atomic E-state index is 12.8. The summed E-state index contributed by atoms with van der Waals surface area (Å²) >= 11 is 12.5. The molecule has 0 aliphatic rings. The number of carbonyl (C=O) groups excluding carboxylic acids is 1. The Morgan fingerprint density at radius 2 is 1.81 bits per heavy atom. The van der Waals surface area contributed by atoms with Crippen LogP contribution in [-0.2, 0) is 0 Å². The largest absolute Gasteiger partial charge is 0.496 e. The van der Waals surface area contributed by atoms with E-state index in [1.807, 2.05) is 30.3 Å². The highest BCUT2D eigenvalue weighted by Crippen LogP contribution is 2.38. The Bertz CT molecular complexity index is 1500. The number of carbonyl (C=O) groups is 1. The van der Waals surface area contributed by atoms with Crippen LogP contribution in [0, 0.1) is 0 Å². The number of anilines is 1. The number of nitrogens with zero attached hydrogens (tertiary/aromatic N) is 2. The van der Waals surface area contributed by atoms with Gasteiger partial charge in [0.05, 0.1) is 34.2 Å². The number of aromatic nitrogens is 3. The second-order valence-electron chi connectivity index (χ2n) is 7.13. The van der Waals surface area contributed by atoms with Crippen molar-refractivity contribution in [2.75, 3.05) is 12.4 Å². The molecule has 3 aromatic carbocycles. The molecule has 0 aliphatic carbocycles. The molecule has 5 aromatic rings. The molecule has 0 radical (unpaired) electrons. The normalized spacial score (nSPS) is 11.1. The number of aromatic amines is 1. The number of pyridine rings is 1. The Morgan fingerprint density at radius 1 is 0.969 bits per heavy atom. The van der Waals surface area contributed by atoms with Crippen molar-refractivity contribution in [2.45, 2.75) is 0 Å². The Hall–Kier alpha value is -3.61. The van der Waals surface area contributed by atoms with Crippen molar-refractivity contribution in [2.24, 2.45) is 0 Å². The van der Waals surface area contributed by atoms with Gasteiger partial charge < -0.3 is 15.0 Å². The number of rotatable bonds is 4. The zero-order valence-electron chi connectivity index (χ0n) is 16.8. The first-order valence-corrected chi connectivity index (χ1v) is 10.5. The molecule has 5 rings (SSSR count). The van der Waals surface area contributed by atoms with Crippen LogP contribution in [0.3, 0.4) is 0 Å². The SMILES string of the molecule is COc1cc(Cl)cc(Cl)c1-c1nc2ccc(C(=O)Nc3ccc4ccccc4n3)cc2[nH]1. The van der Waals surface area contributed by atoms with Gasteiger partial charge in [0.25, 0.3) is 5.91 Å². The van der Waals surface area contributed by atoms with E-state index < -0.39 is 0 Å². The van der Waals surface area contributed by atoms with Crippen molar-refractivity contribution in [3.63, 3.8) is 0 Å². The van der Waals surface area contributed by atoms with E-state index in [0.29, 0.717) is 49.6 Å². The van der Waals surface area contributed by atoms with E-state index in [2.05, 4.69) is 20.3 Å². The van der Waals surface area contributed by atoms with E-state index in [-0.39, 0.29) is 5.91 Å². The van der Waals surface area contributed by atoms with Gasteiger partial charge in [0.2, 0.25) is 0 Å². The summed E-state index contributed by atoms with van der Waals surface area (Å²) in [6.07, 6.45) is 0. The van der Waals surface area contributed by atoms with Crippen LogP contribution in [0.15, 0.2) is 66.7 Å². The van der Waals surface area contributed by atoms with E-state index in [4.69, 9.17) is 27.9 Å². The average Bonchev–Trinajstić information content (AvgIpc) is 3.21. The summed E-state index contributed by atoms with van der Waals surface area (Å²) in [7, 11) is 1.54. The van der Waals surface area contributed by atoms with Crippen molar-refractivity contribution in [1.82, 2.24) is 15.0 Å². The lowest BCUT2D eigenvalue weighted by atomic mass is 10.2. The summed E-state index contributed by atoms with van der Waals surface area (Å²) in [4.78, 5) is 25.1. The Labute approximate surface area is 193 Å². The lowest BCUT2D eigenvalue weighted by Gasteiger charge is -2.08. The number of benzene rings is 3. The minimum absolute atomic E-state index is 0.270. The smallest absolute Gasteiger partial charge is 0.256 e. The third kappa shape index (κ3) is 3.75. The molecule has 32 heavy (non-hydrogen) atoms. The quantitative estimate of drug-likeness (QED) is 0.326. The van der Waals surface area contributed by atoms with Crippen LogP contribution in [0.1, 0.15) is 10.4 Å². The highest BCUT2D eigenvalue weighted by Gasteiger charge is 2.17. The number of imidazole rings is 1. The zero-order chi connectivity index (χ0) is 22.2.